The molecular formula is C19H18N2O5S. The van der Waals surface area contributed by atoms with Crippen LogP contribution >= 0.6 is 11.8 Å². The van der Waals surface area contributed by atoms with E-state index in [1.165, 1.54) is 18.0 Å². The second-order valence-electron chi connectivity index (χ2n) is 6.72. The molecule has 3 heterocycles. The van der Waals surface area contributed by atoms with Crippen LogP contribution in [0.5, 0.6) is 0 Å². The summed E-state index contributed by atoms with van der Waals surface area (Å²) in [5.41, 5.74) is -0.456. The highest BCUT2D eigenvalue weighted by Crippen LogP contribution is 2.43. The maximum atomic E-state index is 12.6. The average molecular weight is 386 g/mol. The number of carbonyl (C=O) groups excluding carboxylic acids is 2. The highest BCUT2D eigenvalue weighted by Gasteiger charge is 2.57. The van der Waals surface area contributed by atoms with E-state index in [-0.39, 0.29) is 30.2 Å². The summed E-state index contributed by atoms with van der Waals surface area (Å²) in [4.78, 5) is 38.3. The normalized spacial score (nSPS) is 26.8. The number of hydrogen-bond donors (Lipinski definition) is 2. The van der Waals surface area contributed by atoms with E-state index in [4.69, 9.17) is 4.42 Å². The molecule has 2 aliphatic rings. The molecule has 2 aromatic rings. The van der Waals surface area contributed by atoms with Gasteiger partial charge in [-0.25, -0.2) is 0 Å². The van der Waals surface area contributed by atoms with Crippen LogP contribution < -0.4 is 5.32 Å². The van der Waals surface area contributed by atoms with Crippen LogP contribution in [0.2, 0.25) is 0 Å². The molecule has 0 bridgehead atoms. The van der Waals surface area contributed by atoms with Crippen LogP contribution in [0.3, 0.4) is 0 Å². The lowest BCUT2D eigenvalue weighted by Gasteiger charge is -2.54. The van der Waals surface area contributed by atoms with Gasteiger partial charge in [-0.15, -0.1) is 11.8 Å². The third kappa shape index (κ3) is 2.99. The van der Waals surface area contributed by atoms with E-state index in [0.717, 1.165) is 0 Å². The van der Waals surface area contributed by atoms with Gasteiger partial charge in [0.25, 0.3) is 0 Å². The summed E-state index contributed by atoms with van der Waals surface area (Å²) in [6.07, 6.45) is 1.56. The molecule has 140 valence electrons. The maximum Gasteiger partial charge on any atom is 0.316 e. The Hall–Kier alpha value is -2.74. The van der Waals surface area contributed by atoms with Gasteiger partial charge in [-0.05, 0) is 17.7 Å². The number of nitrogens with one attached hydrogen (secondary N) is 1. The Bertz CT molecular complexity index is 869. The lowest BCUT2D eigenvalue weighted by atomic mass is 9.80. The fourth-order valence-corrected chi connectivity index (χ4v) is 5.13. The Morgan fingerprint density at radius 2 is 2.04 bits per heavy atom. The molecule has 2 unspecified atom stereocenters. The van der Waals surface area contributed by atoms with Gasteiger partial charge in [-0.2, -0.15) is 0 Å². The molecule has 0 spiro atoms. The summed E-state index contributed by atoms with van der Waals surface area (Å²) < 4.78 is 5.15. The number of hydrogen-bond acceptors (Lipinski definition) is 5. The highest BCUT2D eigenvalue weighted by molar-refractivity contribution is 8.00. The minimum atomic E-state index is -1.14. The molecular weight excluding hydrogens is 368 g/mol. The average Bonchev–Trinajstić information content (AvgIpc) is 3.19. The summed E-state index contributed by atoms with van der Waals surface area (Å²) in [7, 11) is 0. The van der Waals surface area contributed by atoms with Crippen LogP contribution in [0.25, 0.3) is 0 Å². The van der Waals surface area contributed by atoms with Crippen molar-refractivity contribution in [3.8, 4) is 0 Å². The molecule has 0 aliphatic carbocycles. The Kier molecular flexibility index (Phi) is 4.43. The van der Waals surface area contributed by atoms with Gasteiger partial charge in [0.05, 0.1) is 12.7 Å². The van der Waals surface area contributed by atoms with E-state index < -0.39 is 17.4 Å². The summed E-state index contributed by atoms with van der Waals surface area (Å²) in [5, 5.41) is 12.4. The quantitative estimate of drug-likeness (QED) is 0.750. The first kappa shape index (κ1) is 17.7. The Morgan fingerprint density at radius 1 is 1.26 bits per heavy atom. The van der Waals surface area contributed by atoms with Gasteiger partial charge >= 0.3 is 5.97 Å². The summed E-state index contributed by atoms with van der Waals surface area (Å²) >= 11 is 1.39. The third-order valence-corrected chi connectivity index (χ3v) is 6.58. The zero-order valence-corrected chi connectivity index (χ0v) is 15.1. The van der Waals surface area contributed by atoms with E-state index in [1.54, 1.807) is 41.3 Å². The number of nitrogens with zero attached hydrogens (tertiary/aromatic N) is 1. The molecule has 2 N–H and O–H groups in total. The number of carboxylic acids is 1. The minimum Gasteiger partial charge on any atom is -0.481 e. The maximum absolute atomic E-state index is 12.6. The van der Waals surface area contributed by atoms with E-state index in [9.17, 15) is 19.5 Å². The van der Waals surface area contributed by atoms with Gasteiger partial charge in [0.2, 0.25) is 11.8 Å². The minimum absolute atomic E-state index is 0.0667. The van der Waals surface area contributed by atoms with E-state index >= 15 is 0 Å². The number of furan rings is 1. The van der Waals surface area contributed by atoms with Crippen molar-refractivity contribution < 1.29 is 23.9 Å². The number of thioether (sulfide) groups is 1. The number of carbonyl (C=O) groups is 3. The topological polar surface area (TPSA) is 99.9 Å². The number of rotatable bonds is 5. The van der Waals surface area contributed by atoms with Crippen molar-refractivity contribution in [1.29, 1.82) is 0 Å². The van der Waals surface area contributed by atoms with E-state index in [1.807, 2.05) is 6.07 Å². The van der Waals surface area contributed by atoms with E-state index in [0.29, 0.717) is 17.1 Å². The van der Waals surface area contributed by atoms with Gasteiger partial charge in [0.15, 0.2) is 0 Å². The monoisotopic (exact) mass is 386 g/mol. The zero-order valence-electron chi connectivity index (χ0n) is 14.3. The van der Waals surface area contributed by atoms with Gasteiger partial charge in [0.1, 0.15) is 22.6 Å². The highest BCUT2D eigenvalue weighted by atomic mass is 32.2. The fourth-order valence-electron chi connectivity index (χ4n) is 3.56. The van der Waals surface area contributed by atoms with Crippen molar-refractivity contribution in [2.24, 2.45) is 0 Å². The Balaban J connectivity index is 1.46. The smallest absolute Gasteiger partial charge is 0.316 e. The van der Waals surface area contributed by atoms with Crippen LogP contribution in [0.4, 0.5) is 0 Å². The third-order valence-electron chi connectivity index (χ3n) is 5.05. The molecule has 3 atom stereocenters. The standard InChI is InChI=1S/C19H18N2O5S/c22-14(9-13-7-4-8-26-13)20-15-16(23)21-10-19(18(24)25,11-27-17(15)21)12-5-2-1-3-6-12/h1-8,15,17H,9-11H2,(H,20,22)(H,24,25)/t15?,17-,19?/m1/s1. The molecule has 27 heavy (non-hydrogen) atoms. The SMILES string of the molecule is O=C(Cc1ccco1)NC1C(=O)N2CC(C(=O)O)(c3ccccc3)CS[C@H]12. The Labute approximate surface area is 159 Å². The van der Waals surface area contributed by atoms with Crippen LogP contribution in [0.1, 0.15) is 11.3 Å². The summed E-state index contributed by atoms with van der Waals surface area (Å²) in [5.74, 6) is -0.617. The number of fused-ring (bicyclic) bond motifs is 1. The largest absolute Gasteiger partial charge is 0.481 e. The second kappa shape index (κ2) is 6.77. The van der Waals surface area contributed by atoms with Gasteiger partial charge in [0, 0.05) is 12.3 Å². The van der Waals surface area contributed by atoms with Crippen molar-refractivity contribution in [3.63, 3.8) is 0 Å². The summed E-state index contributed by atoms with van der Waals surface area (Å²) in [6.45, 7) is 0.105. The Morgan fingerprint density at radius 3 is 2.70 bits per heavy atom. The van der Waals surface area contributed by atoms with E-state index in [2.05, 4.69) is 5.32 Å². The fraction of sp³-hybridized carbons (Fsp3) is 0.316. The molecule has 2 fully saturated rings. The number of amides is 2. The molecule has 2 amide bonds. The van der Waals surface area contributed by atoms with Gasteiger partial charge in [-0.3, -0.25) is 14.4 Å². The van der Waals surface area contributed by atoms with Crippen LogP contribution in [0.15, 0.2) is 53.1 Å². The first-order chi connectivity index (χ1) is 13.0. The second-order valence-corrected chi connectivity index (χ2v) is 7.83. The molecule has 7 nitrogen and oxygen atoms in total. The molecule has 1 aromatic heterocycles. The molecule has 2 saturated heterocycles. The van der Waals surface area contributed by atoms with Crippen LogP contribution in [-0.2, 0) is 26.2 Å². The molecule has 8 heteroatoms. The predicted molar refractivity (Wildman–Crippen MR) is 98.1 cm³/mol. The lowest BCUT2D eigenvalue weighted by Crippen LogP contribution is -2.74. The predicted octanol–water partition coefficient (Wildman–Crippen LogP) is 1.24. The van der Waals surface area contributed by atoms with Crippen LogP contribution in [0, 0.1) is 0 Å². The van der Waals surface area contributed by atoms with Crippen LogP contribution in [-0.4, -0.2) is 51.5 Å². The van der Waals surface area contributed by atoms with Gasteiger partial charge < -0.3 is 19.7 Å². The molecule has 0 saturated carbocycles. The number of aliphatic carboxylic acids is 1. The number of benzene rings is 1. The zero-order chi connectivity index (χ0) is 19.0. The molecule has 2 aliphatic heterocycles. The van der Waals surface area contributed by atoms with Crippen molar-refractivity contribution >= 4 is 29.5 Å². The van der Waals surface area contributed by atoms with Gasteiger partial charge in [-0.1, -0.05) is 30.3 Å². The number of β-lactam (4-membered cyclic amide) rings is 1. The molecule has 4 rings (SSSR count). The van der Waals surface area contributed by atoms with Crippen molar-refractivity contribution in [2.75, 3.05) is 12.3 Å². The molecule has 0 radical (unpaired) electrons. The number of carboxylic acid groups (broad SMARTS) is 1. The first-order valence-corrected chi connectivity index (χ1v) is 9.59. The summed E-state index contributed by atoms with van der Waals surface area (Å²) in [6, 6.07) is 11.8. The lowest BCUT2D eigenvalue weighted by molar-refractivity contribution is -0.154. The first-order valence-electron chi connectivity index (χ1n) is 8.54. The van der Waals surface area contributed by atoms with Crippen molar-refractivity contribution in [3.05, 3.63) is 60.1 Å². The van der Waals surface area contributed by atoms with Crippen molar-refractivity contribution in [2.45, 2.75) is 23.3 Å². The molecule has 1 aromatic carbocycles. The van der Waals surface area contributed by atoms with Crippen molar-refractivity contribution in [1.82, 2.24) is 10.2 Å².